The number of aryl methyl sites for hydroxylation is 2. The van der Waals surface area contributed by atoms with E-state index in [9.17, 15) is 0 Å². The van der Waals surface area contributed by atoms with Crippen molar-refractivity contribution in [1.29, 1.82) is 5.26 Å². The quantitative estimate of drug-likeness (QED) is 0.691. The summed E-state index contributed by atoms with van der Waals surface area (Å²) in [6, 6.07) is 7.75. The number of nitrogens with one attached hydrogen (secondary N) is 1. The maximum atomic E-state index is 8.47. The number of nitrogens with zero attached hydrogens (tertiary/aromatic N) is 1. The molecule has 1 rings (SSSR count). The van der Waals surface area contributed by atoms with Gasteiger partial charge in [-0.15, -0.1) is 0 Å². The molecule has 2 nitrogen and oxygen atoms in total. The van der Waals surface area contributed by atoms with Gasteiger partial charge in [-0.2, -0.15) is 5.26 Å². The van der Waals surface area contributed by atoms with Crippen LogP contribution in [0.3, 0.4) is 0 Å². The van der Waals surface area contributed by atoms with Crippen LogP contribution in [0.1, 0.15) is 11.1 Å². The van der Waals surface area contributed by atoms with E-state index in [4.69, 9.17) is 17.5 Å². The summed E-state index contributed by atoms with van der Waals surface area (Å²) in [6.45, 7) is 4.07. The molecule has 1 aromatic carbocycles. The van der Waals surface area contributed by atoms with Crippen LogP contribution in [0.4, 0.5) is 5.69 Å². The van der Waals surface area contributed by atoms with Crippen LogP contribution >= 0.6 is 12.2 Å². The lowest BCUT2D eigenvalue weighted by Gasteiger charge is -2.05. The van der Waals surface area contributed by atoms with Crippen LogP contribution in [0.15, 0.2) is 18.2 Å². The smallest absolute Gasteiger partial charge is 0.182 e. The molecule has 0 aliphatic carbocycles. The molecule has 0 saturated heterocycles. The first kappa shape index (κ1) is 9.69. The monoisotopic (exact) mass is 190 g/mol. The normalized spacial score (nSPS) is 9.00. The average molecular weight is 190 g/mol. The lowest BCUT2D eigenvalue weighted by molar-refractivity contribution is 1.34. The molecule has 13 heavy (non-hydrogen) atoms. The molecule has 66 valence electrons. The van der Waals surface area contributed by atoms with Gasteiger partial charge in [0.15, 0.2) is 4.99 Å². The number of anilines is 1. The summed E-state index contributed by atoms with van der Waals surface area (Å²) in [5.74, 6) is 0. The van der Waals surface area contributed by atoms with Gasteiger partial charge in [-0.1, -0.05) is 6.07 Å². The molecule has 0 aromatic heterocycles. The third kappa shape index (κ3) is 2.53. The predicted molar refractivity (Wildman–Crippen MR) is 57.7 cm³/mol. The second-order valence-electron chi connectivity index (χ2n) is 2.86. The van der Waals surface area contributed by atoms with Crippen LogP contribution in [0.5, 0.6) is 0 Å². The molecule has 0 amide bonds. The van der Waals surface area contributed by atoms with Crippen molar-refractivity contribution in [3.05, 3.63) is 29.3 Å². The molecule has 0 spiro atoms. The second kappa shape index (κ2) is 4.01. The maximum Gasteiger partial charge on any atom is 0.182 e. The molecule has 0 unspecified atom stereocenters. The molecular formula is C10H10N2S. The molecule has 0 atom stereocenters. The first-order chi connectivity index (χ1) is 6.13. The standard InChI is InChI=1S/C10H10N2S/c1-7-3-4-9(5-8(7)2)12-10(13)6-11/h3-5H,1-2H3,(H,12,13). The Balaban J connectivity index is 2.87. The van der Waals surface area contributed by atoms with Crippen molar-refractivity contribution >= 4 is 22.9 Å². The predicted octanol–water partition coefficient (Wildman–Crippen LogP) is 2.57. The summed E-state index contributed by atoms with van der Waals surface area (Å²) in [5.41, 5.74) is 3.29. The Hall–Kier alpha value is -1.40. The number of hydrogen-bond donors (Lipinski definition) is 1. The van der Waals surface area contributed by atoms with Gasteiger partial charge in [0.25, 0.3) is 0 Å². The van der Waals surface area contributed by atoms with Gasteiger partial charge in [-0.05, 0) is 49.3 Å². The first-order valence-corrected chi connectivity index (χ1v) is 4.32. The molecule has 1 aromatic rings. The van der Waals surface area contributed by atoms with E-state index in [1.54, 1.807) is 0 Å². The van der Waals surface area contributed by atoms with E-state index >= 15 is 0 Å². The highest BCUT2D eigenvalue weighted by atomic mass is 32.1. The third-order valence-electron chi connectivity index (χ3n) is 1.87. The van der Waals surface area contributed by atoms with Crippen LogP contribution in [0, 0.1) is 25.2 Å². The fraction of sp³-hybridized carbons (Fsp3) is 0.200. The second-order valence-corrected chi connectivity index (χ2v) is 3.27. The number of nitriles is 1. The molecule has 0 saturated carbocycles. The lowest BCUT2D eigenvalue weighted by Crippen LogP contribution is -2.05. The molecule has 0 aliphatic heterocycles. The van der Waals surface area contributed by atoms with Gasteiger partial charge in [-0.3, -0.25) is 0 Å². The SMILES string of the molecule is Cc1ccc(NC(=S)C#N)cc1C. The van der Waals surface area contributed by atoms with E-state index in [0.29, 0.717) is 0 Å². The van der Waals surface area contributed by atoms with Crippen LogP contribution in [-0.2, 0) is 0 Å². The molecule has 0 heterocycles. The number of hydrogen-bond acceptors (Lipinski definition) is 2. The van der Waals surface area contributed by atoms with E-state index in [1.807, 2.05) is 38.1 Å². The molecule has 0 fully saturated rings. The Kier molecular flexibility index (Phi) is 2.99. The van der Waals surface area contributed by atoms with Gasteiger partial charge < -0.3 is 5.32 Å². The zero-order valence-electron chi connectivity index (χ0n) is 7.59. The topological polar surface area (TPSA) is 35.8 Å². The average Bonchev–Trinajstić information content (AvgIpc) is 2.11. The van der Waals surface area contributed by atoms with Gasteiger partial charge in [-0.25, -0.2) is 0 Å². The zero-order valence-corrected chi connectivity index (χ0v) is 8.40. The van der Waals surface area contributed by atoms with Crippen molar-refractivity contribution < 1.29 is 0 Å². The summed E-state index contributed by atoms with van der Waals surface area (Å²) < 4.78 is 0. The Morgan fingerprint density at radius 1 is 1.38 bits per heavy atom. The van der Waals surface area contributed by atoms with E-state index in [1.165, 1.54) is 11.1 Å². The van der Waals surface area contributed by atoms with Gasteiger partial charge in [0.2, 0.25) is 0 Å². The third-order valence-corrected chi connectivity index (χ3v) is 2.06. The minimum absolute atomic E-state index is 0.197. The molecule has 0 bridgehead atoms. The summed E-state index contributed by atoms with van der Waals surface area (Å²) in [7, 11) is 0. The number of benzene rings is 1. The zero-order chi connectivity index (χ0) is 9.84. The van der Waals surface area contributed by atoms with Crippen LogP contribution in [-0.4, -0.2) is 4.99 Å². The highest BCUT2D eigenvalue weighted by Gasteiger charge is 1.97. The van der Waals surface area contributed by atoms with Crippen molar-refractivity contribution in [3.63, 3.8) is 0 Å². The largest absolute Gasteiger partial charge is 0.338 e. The highest BCUT2D eigenvalue weighted by molar-refractivity contribution is 7.81. The minimum atomic E-state index is 0.197. The Morgan fingerprint density at radius 2 is 2.08 bits per heavy atom. The van der Waals surface area contributed by atoms with Crippen LogP contribution in [0.25, 0.3) is 0 Å². The van der Waals surface area contributed by atoms with Crippen molar-refractivity contribution in [2.24, 2.45) is 0 Å². The maximum absolute atomic E-state index is 8.47. The van der Waals surface area contributed by atoms with Crippen molar-refractivity contribution in [2.45, 2.75) is 13.8 Å². The molecule has 3 heteroatoms. The Labute approximate surface area is 83.2 Å². The van der Waals surface area contributed by atoms with Gasteiger partial charge >= 0.3 is 0 Å². The minimum Gasteiger partial charge on any atom is -0.338 e. The molecular weight excluding hydrogens is 180 g/mol. The molecule has 0 radical (unpaired) electrons. The highest BCUT2D eigenvalue weighted by Crippen LogP contribution is 2.13. The lowest BCUT2D eigenvalue weighted by atomic mass is 10.1. The van der Waals surface area contributed by atoms with Crippen LogP contribution in [0.2, 0.25) is 0 Å². The molecule has 0 aliphatic rings. The van der Waals surface area contributed by atoms with Gasteiger partial charge in [0, 0.05) is 5.69 Å². The van der Waals surface area contributed by atoms with Crippen molar-refractivity contribution in [1.82, 2.24) is 0 Å². The molecule has 1 N–H and O–H groups in total. The van der Waals surface area contributed by atoms with E-state index in [0.717, 1.165) is 5.69 Å². The van der Waals surface area contributed by atoms with E-state index in [2.05, 4.69) is 5.32 Å². The van der Waals surface area contributed by atoms with Crippen LogP contribution < -0.4 is 5.32 Å². The van der Waals surface area contributed by atoms with E-state index in [-0.39, 0.29) is 4.99 Å². The summed E-state index contributed by atoms with van der Waals surface area (Å²) >= 11 is 4.74. The number of rotatable bonds is 1. The van der Waals surface area contributed by atoms with E-state index < -0.39 is 0 Å². The first-order valence-electron chi connectivity index (χ1n) is 3.92. The van der Waals surface area contributed by atoms with Crippen molar-refractivity contribution in [3.8, 4) is 6.07 Å². The fourth-order valence-corrected chi connectivity index (χ4v) is 1.10. The summed E-state index contributed by atoms with van der Waals surface area (Å²) in [5, 5.41) is 11.3. The van der Waals surface area contributed by atoms with Gasteiger partial charge in [0.05, 0.1) is 0 Å². The fourth-order valence-electron chi connectivity index (χ4n) is 0.978. The number of thiocarbonyl (C=S) groups is 1. The Bertz CT molecular complexity index is 377. The summed E-state index contributed by atoms with van der Waals surface area (Å²) in [6.07, 6.45) is 0. The Morgan fingerprint density at radius 3 is 2.62 bits per heavy atom. The van der Waals surface area contributed by atoms with Crippen molar-refractivity contribution in [2.75, 3.05) is 5.32 Å². The van der Waals surface area contributed by atoms with Gasteiger partial charge in [0.1, 0.15) is 6.07 Å². The summed E-state index contributed by atoms with van der Waals surface area (Å²) in [4.78, 5) is 0.197.